The van der Waals surface area contributed by atoms with Crippen molar-refractivity contribution in [3.63, 3.8) is 0 Å². The zero-order chi connectivity index (χ0) is 13.1. The summed E-state index contributed by atoms with van der Waals surface area (Å²) in [6, 6.07) is 2.35. The molecule has 0 amide bonds. The first-order valence-corrected chi connectivity index (χ1v) is 7.17. The highest BCUT2D eigenvalue weighted by atomic mass is 79.9. The first-order chi connectivity index (χ1) is 8.56. The third-order valence-corrected chi connectivity index (χ3v) is 4.01. The van der Waals surface area contributed by atoms with Crippen LogP contribution in [0.3, 0.4) is 0 Å². The molecule has 2 heterocycles. The van der Waals surface area contributed by atoms with Gasteiger partial charge in [0, 0.05) is 42.9 Å². The summed E-state index contributed by atoms with van der Waals surface area (Å²) in [4.78, 5) is 9.01. The molecule has 1 fully saturated rings. The number of halogens is 2. The van der Waals surface area contributed by atoms with Gasteiger partial charge in [-0.25, -0.2) is 4.98 Å². The van der Waals surface area contributed by atoms with Gasteiger partial charge >= 0.3 is 0 Å². The van der Waals surface area contributed by atoms with E-state index in [2.05, 4.69) is 50.1 Å². The van der Waals surface area contributed by atoms with Crippen molar-refractivity contribution in [1.82, 2.24) is 14.8 Å². The van der Waals surface area contributed by atoms with Gasteiger partial charge in [0.15, 0.2) is 0 Å². The number of aromatic nitrogens is 1. The first kappa shape index (κ1) is 14.1. The Balaban J connectivity index is 1.94. The zero-order valence-electron chi connectivity index (χ0n) is 10.7. The molecule has 1 atom stereocenters. The predicted molar refractivity (Wildman–Crippen MR) is 79.4 cm³/mol. The lowest BCUT2D eigenvalue weighted by Gasteiger charge is -2.37. The van der Waals surface area contributed by atoms with Gasteiger partial charge in [-0.15, -0.1) is 0 Å². The summed E-state index contributed by atoms with van der Waals surface area (Å²) in [5.41, 5.74) is 0. The molecule has 1 unspecified atom stereocenters. The smallest absolute Gasteiger partial charge is 0.144 e. The van der Waals surface area contributed by atoms with Gasteiger partial charge in [0.25, 0.3) is 0 Å². The second-order valence-electron chi connectivity index (χ2n) is 4.76. The molecule has 0 radical (unpaired) electrons. The topological polar surface area (TPSA) is 31.4 Å². The summed E-state index contributed by atoms with van der Waals surface area (Å²) < 4.78 is 0.896. The zero-order valence-corrected chi connectivity index (χ0v) is 13.0. The molecule has 4 nitrogen and oxygen atoms in total. The molecule has 18 heavy (non-hydrogen) atoms. The van der Waals surface area contributed by atoms with Crippen molar-refractivity contribution in [2.24, 2.45) is 0 Å². The van der Waals surface area contributed by atoms with E-state index in [1.165, 1.54) is 0 Å². The largest absolute Gasteiger partial charge is 0.367 e. The number of nitrogens with zero attached hydrogens (tertiary/aromatic N) is 3. The molecular formula is C12H18BrClN4. The summed E-state index contributed by atoms with van der Waals surface area (Å²) >= 11 is 9.49. The normalized spacial score (nSPS) is 22.1. The van der Waals surface area contributed by atoms with Gasteiger partial charge < -0.3 is 10.2 Å². The van der Waals surface area contributed by atoms with Gasteiger partial charge in [-0.1, -0.05) is 11.6 Å². The van der Waals surface area contributed by atoms with Crippen LogP contribution in [0.1, 0.15) is 0 Å². The van der Waals surface area contributed by atoms with Crippen LogP contribution in [-0.2, 0) is 0 Å². The van der Waals surface area contributed by atoms with E-state index < -0.39 is 0 Å². The fourth-order valence-corrected chi connectivity index (χ4v) is 2.78. The number of hydrogen-bond acceptors (Lipinski definition) is 4. The minimum Gasteiger partial charge on any atom is -0.367 e. The molecule has 1 aliphatic rings. The monoisotopic (exact) mass is 332 g/mol. The van der Waals surface area contributed by atoms with E-state index in [4.69, 9.17) is 11.6 Å². The average Bonchev–Trinajstić information content (AvgIpc) is 2.32. The Labute approximate surface area is 121 Å². The van der Waals surface area contributed by atoms with Crippen LogP contribution in [0.4, 0.5) is 5.82 Å². The molecule has 0 aromatic carbocycles. The van der Waals surface area contributed by atoms with Gasteiger partial charge in [-0.3, -0.25) is 4.90 Å². The number of nitrogens with one attached hydrogen (secondary N) is 1. The molecule has 2 rings (SSSR count). The van der Waals surface area contributed by atoms with Crippen molar-refractivity contribution < 1.29 is 0 Å². The van der Waals surface area contributed by atoms with Gasteiger partial charge in [0.1, 0.15) is 5.82 Å². The summed E-state index contributed by atoms with van der Waals surface area (Å²) in [5.74, 6) is 0.751. The average molecular weight is 334 g/mol. The second-order valence-corrected chi connectivity index (χ2v) is 6.08. The van der Waals surface area contributed by atoms with Crippen LogP contribution in [0.5, 0.6) is 0 Å². The number of anilines is 1. The molecule has 1 aromatic rings. The highest BCUT2D eigenvalue weighted by Gasteiger charge is 2.22. The Morgan fingerprint density at radius 2 is 2.28 bits per heavy atom. The maximum Gasteiger partial charge on any atom is 0.144 e. The fraction of sp³-hybridized carbons (Fsp3) is 0.583. The molecule has 6 heteroatoms. The lowest BCUT2D eigenvalue weighted by atomic mass is 10.2. The van der Waals surface area contributed by atoms with E-state index in [-0.39, 0.29) is 0 Å². The van der Waals surface area contributed by atoms with E-state index >= 15 is 0 Å². The molecular weight excluding hydrogens is 316 g/mol. The minimum atomic E-state index is 0.491. The van der Waals surface area contributed by atoms with Gasteiger partial charge in [0.05, 0.1) is 5.02 Å². The third kappa shape index (κ3) is 3.57. The van der Waals surface area contributed by atoms with Crippen molar-refractivity contribution in [3.05, 3.63) is 21.8 Å². The highest BCUT2D eigenvalue weighted by molar-refractivity contribution is 9.10. The first-order valence-electron chi connectivity index (χ1n) is 6.00. The van der Waals surface area contributed by atoms with E-state index in [0.29, 0.717) is 11.1 Å². The number of pyridine rings is 1. The van der Waals surface area contributed by atoms with Crippen LogP contribution in [0, 0.1) is 0 Å². The second kappa shape index (κ2) is 6.19. The van der Waals surface area contributed by atoms with Crippen molar-refractivity contribution in [3.8, 4) is 0 Å². The molecule has 1 N–H and O–H groups in total. The summed E-state index contributed by atoms with van der Waals surface area (Å²) in [6.45, 7) is 4.15. The molecule has 100 valence electrons. The van der Waals surface area contributed by atoms with Crippen molar-refractivity contribution in [1.29, 1.82) is 0 Å². The predicted octanol–water partition coefficient (Wildman–Crippen LogP) is 2.16. The standard InChI is InChI=1S/C12H18BrClN4/c1-17-3-4-18(2)10(8-17)7-16-12-11(14)5-9(13)6-15-12/h5-6,10H,3-4,7-8H2,1-2H3,(H,15,16). The van der Waals surface area contributed by atoms with Crippen molar-refractivity contribution in [2.75, 3.05) is 45.6 Å². The highest BCUT2D eigenvalue weighted by Crippen LogP contribution is 2.23. The SMILES string of the molecule is CN1CCN(C)C(CNc2ncc(Br)cc2Cl)C1. The molecule has 0 saturated carbocycles. The Bertz CT molecular complexity index is 415. The lowest BCUT2D eigenvalue weighted by Crippen LogP contribution is -2.52. The third-order valence-electron chi connectivity index (χ3n) is 3.29. The van der Waals surface area contributed by atoms with Gasteiger partial charge in [0.2, 0.25) is 0 Å². The number of hydrogen-bond donors (Lipinski definition) is 1. The number of piperazine rings is 1. The Kier molecular flexibility index (Phi) is 4.84. The van der Waals surface area contributed by atoms with E-state index in [1.54, 1.807) is 6.20 Å². The van der Waals surface area contributed by atoms with E-state index in [1.807, 2.05) is 6.07 Å². The molecule has 0 aliphatic carbocycles. The van der Waals surface area contributed by atoms with Crippen LogP contribution < -0.4 is 5.32 Å². The van der Waals surface area contributed by atoms with Gasteiger partial charge in [-0.2, -0.15) is 0 Å². The molecule has 0 bridgehead atoms. The minimum absolute atomic E-state index is 0.491. The van der Waals surface area contributed by atoms with Crippen LogP contribution in [0.15, 0.2) is 16.7 Å². The summed E-state index contributed by atoms with van der Waals surface area (Å²) in [7, 11) is 4.32. The lowest BCUT2D eigenvalue weighted by molar-refractivity contribution is 0.122. The molecule has 1 aliphatic heterocycles. The Morgan fingerprint density at radius 3 is 3.00 bits per heavy atom. The van der Waals surface area contributed by atoms with Gasteiger partial charge in [-0.05, 0) is 36.1 Å². The summed E-state index contributed by atoms with van der Waals surface area (Å²) in [6.07, 6.45) is 1.75. The molecule has 0 spiro atoms. The van der Waals surface area contributed by atoms with Crippen molar-refractivity contribution in [2.45, 2.75) is 6.04 Å². The number of likely N-dealkylation sites (N-methyl/N-ethyl adjacent to an activating group) is 2. The van der Waals surface area contributed by atoms with E-state index in [0.717, 1.165) is 36.5 Å². The maximum absolute atomic E-state index is 6.13. The molecule has 1 aromatic heterocycles. The Hall–Kier alpha value is -0.360. The quantitative estimate of drug-likeness (QED) is 0.918. The Morgan fingerprint density at radius 1 is 1.50 bits per heavy atom. The van der Waals surface area contributed by atoms with Crippen LogP contribution in [0.2, 0.25) is 5.02 Å². The number of rotatable bonds is 3. The van der Waals surface area contributed by atoms with E-state index in [9.17, 15) is 0 Å². The van der Waals surface area contributed by atoms with Crippen LogP contribution in [-0.4, -0.2) is 61.1 Å². The van der Waals surface area contributed by atoms with Crippen LogP contribution >= 0.6 is 27.5 Å². The fourth-order valence-electron chi connectivity index (χ4n) is 2.08. The molecule has 1 saturated heterocycles. The maximum atomic E-state index is 6.13. The van der Waals surface area contributed by atoms with Crippen molar-refractivity contribution >= 4 is 33.3 Å². The van der Waals surface area contributed by atoms with Crippen LogP contribution in [0.25, 0.3) is 0 Å². The summed E-state index contributed by atoms with van der Waals surface area (Å²) in [5, 5.41) is 3.98.